The quantitative estimate of drug-likeness (QED) is 0.199. The predicted molar refractivity (Wildman–Crippen MR) is 130 cm³/mol. The van der Waals surface area contributed by atoms with Crippen molar-refractivity contribution >= 4 is 43.1 Å². The van der Waals surface area contributed by atoms with Gasteiger partial charge in [0.1, 0.15) is 0 Å². The number of rotatable bonds is 1. The molecule has 0 nitrogen and oxygen atoms in total. The average molecular weight is 390 g/mol. The van der Waals surface area contributed by atoms with Crippen LogP contribution in [0, 0.1) is 0 Å². The van der Waals surface area contributed by atoms with Gasteiger partial charge in [-0.2, -0.15) is 0 Å². The van der Waals surface area contributed by atoms with Gasteiger partial charge in [0.05, 0.1) is 0 Å². The summed E-state index contributed by atoms with van der Waals surface area (Å²) in [5.41, 5.74) is 12.1. The minimum Gasteiger partial charge on any atom is -0.0622 e. The molecule has 0 bridgehead atoms. The summed E-state index contributed by atoms with van der Waals surface area (Å²) in [5.74, 6) is 0. The van der Waals surface area contributed by atoms with Crippen LogP contribution in [0.15, 0.2) is 72.8 Å². The lowest BCUT2D eigenvalue weighted by Gasteiger charge is -2.13. The molecule has 0 heteroatoms. The number of hydrogen-bond acceptors (Lipinski definition) is 0. The Morgan fingerprint density at radius 3 is 1.61 bits per heavy atom. The summed E-state index contributed by atoms with van der Waals surface area (Å²) in [6.45, 7) is 0. The third-order valence-corrected chi connectivity index (χ3v) is 8.26. The molecule has 0 aromatic heterocycles. The van der Waals surface area contributed by atoms with E-state index >= 15 is 0 Å². The second-order valence-corrected chi connectivity index (χ2v) is 9.59. The Morgan fingerprint density at radius 2 is 0.935 bits per heavy atom. The SMILES string of the molecule is c1ccc(-c2cc3c4c5c2Cc2ccc6c(c25)c2c(c5ccccc5c(c42)C3)C6)cc1. The Labute approximate surface area is 179 Å². The molecular formula is C31H18. The van der Waals surface area contributed by atoms with E-state index in [0.29, 0.717) is 0 Å². The highest BCUT2D eigenvalue weighted by molar-refractivity contribution is 6.36. The Balaban J connectivity index is 1.61. The largest absolute Gasteiger partial charge is 0.0622 e. The number of benzene rings is 6. The summed E-state index contributed by atoms with van der Waals surface area (Å²) in [5, 5.41) is 12.4. The van der Waals surface area contributed by atoms with Gasteiger partial charge in [0.2, 0.25) is 0 Å². The maximum Gasteiger partial charge on any atom is -0.000660 e. The summed E-state index contributed by atoms with van der Waals surface area (Å²) < 4.78 is 0. The van der Waals surface area contributed by atoms with Gasteiger partial charge in [-0.15, -0.1) is 0 Å². The van der Waals surface area contributed by atoms with Crippen molar-refractivity contribution in [3.8, 4) is 11.1 Å². The molecule has 0 saturated heterocycles. The summed E-state index contributed by atoms with van der Waals surface area (Å²) in [4.78, 5) is 0. The van der Waals surface area contributed by atoms with Gasteiger partial charge in [-0.3, -0.25) is 0 Å². The first kappa shape index (κ1) is 15.2. The molecule has 0 fully saturated rings. The van der Waals surface area contributed by atoms with Crippen molar-refractivity contribution in [1.29, 1.82) is 0 Å². The molecule has 142 valence electrons. The van der Waals surface area contributed by atoms with Gasteiger partial charge in [0.15, 0.2) is 0 Å². The summed E-state index contributed by atoms with van der Waals surface area (Å²) in [6, 6.07) is 27.5. The lowest BCUT2D eigenvalue weighted by atomic mass is 9.89. The summed E-state index contributed by atoms with van der Waals surface area (Å²) >= 11 is 0. The van der Waals surface area contributed by atoms with Crippen molar-refractivity contribution in [1.82, 2.24) is 0 Å². The van der Waals surface area contributed by atoms with E-state index in [1.54, 1.807) is 49.0 Å². The average Bonchev–Trinajstić information content (AvgIpc) is 3.49. The van der Waals surface area contributed by atoms with E-state index in [0.717, 1.165) is 19.3 Å². The summed E-state index contributed by atoms with van der Waals surface area (Å²) in [7, 11) is 0. The van der Waals surface area contributed by atoms with Crippen LogP contribution in [0.25, 0.3) is 54.2 Å². The van der Waals surface area contributed by atoms with Crippen LogP contribution >= 0.6 is 0 Å². The van der Waals surface area contributed by atoms with E-state index in [2.05, 4.69) is 72.8 Å². The molecule has 0 aliphatic heterocycles. The normalized spacial score (nSPS) is 14.7. The van der Waals surface area contributed by atoms with Gasteiger partial charge in [-0.05, 0) is 113 Å². The van der Waals surface area contributed by atoms with Crippen LogP contribution in [-0.4, -0.2) is 0 Å². The Bertz CT molecular complexity index is 1830. The predicted octanol–water partition coefficient (Wildman–Crippen LogP) is 7.68. The van der Waals surface area contributed by atoms with E-state index in [-0.39, 0.29) is 0 Å². The smallest absolute Gasteiger partial charge is 0.000660 e. The molecule has 0 atom stereocenters. The number of hydrogen-bond donors (Lipinski definition) is 0. The van der Waals surface area contributed by atoms with E-state index in [4.69, 9.17) is 0 Å². The van der Waals surface area contributed by atoms with Crippen LogP contribution in [0.4, 0.5) is 0 Å². The maximum absolute atomic E-state index is 2.53. The van der Waals surface area contributed by atoms with Gasteiger partial charge >= 0.3 is 0 Å². The maximum atomic E-state index is 2.53. The van der Waals surface area contributed by atoms with E-state index in [9.17, 15) is 0 Å². The van der Waals surface area contributed by atoms with Gasteiger partial charge in [-0.1, -0.05) is 66.7 Å². The minimum absolute atomic E-state index is 1.06. The first-order valence-corrected chi connectivity index (χ1v) is 11.3. The second kappa shape index (κ2) is 4.81. The van der Waals surface area contributed by atoms with Gasteiger partial charge in [0, 0.05) is 0 Å². The molecule has 6 aromatic carbocycles. The van der Waals surface area contributed by atoms with Gasteiger partial charge in [0.25, 0.3) is 0 Å². The fraction of sp³-hybridized carbons (Fsp3) is 0.0968. The molecule has 0 radical (unpaired) electrons. The molecule has 6 aromatic rings. The summed E-state index contributed by atoms with van der Waals surface area (Å²) in [6.07, 6.45) is 3.20. The van der Waals surface area contributed by atoms with Crippen molar-refractivity contribution in [3.05, 3.63) is 106 Å². The van der Waals surface area contributed by atoms with E-state index in [1.165, 1.54) is 38.6 Å². The third kappa shape index (κ3) is 1.55. The van der Waals surface area contributed by atoms with Crippen LogP contribution in [-0.2, 0) is 19.3 Å². The van der Waals surface area contributed by atoms with E-state index < -0.39 is 0 Å². The lowest BCUT2D eigenvalue weighted by molar-refractivity contribution is 1.24. The number of fused-ring (bicyclic) bond motifs is 3. The molecule has 3 aliphatic carbocycles. The topological polar surface area (TPSA) is 0 Å². The zero-order chi connectivity index (χ0) is 19.8. The Kier molecular flexibility index (Phi) is 2.36. The first-order valence-electron chi connectivity index (χ1n) is 11.3. The van der Waals surface area contributed by atoms with Crippen molar-refractivity contribution in [2.24, 2.45) is 0 Å². The standard InChI is InChI=1S/C31H18/c1-2-6-16(7-3-1)22-14-19-15-24-21-9-5-4-8-20(21)23-12-17-10-11-18-13-25(22)29-26(18)27(17)30(23)31(24)28(19)29/h1-11,14H,12-13,15H2. The molecule has 9 rings (SSSR count). The highest BCUT2D eigenvalue weighted by Gasteiger charge is 2.34. The molecule has 0 heterocycles. The van der Waals surface area contributed by atoms with Crippen LogP contribution in [0.3, 0.4) is 0 Å². The molecule has 0 N–H and O–H groups in total. The fourth-order valence-corrected chi connectivity index (χ4v) is 7.16. The van der Waals surface area contributed by atoms with Crippen molar-refractivity contribution in [3.63, 3.8) is 0 Å². The van der Waals surface area contributed by atoms with Crippen molar-refractivity contribution in [2.75, 3.05) is 0 Å². The lowest BCUT2D eigenvalue weighted by Crippen LogP contribution is -1.91. The molecule has 0 spiro atoms. The van der Waals surface area contributed by atoms with Crippen molar-refractivity contribution < 1.29 is 0 Å². The Morgan fingerprint density at radius 1 is 0.419 bits per heavy atom. The molecule has 3 aliphatic rings. The molecule has 0 amide bonds. The minimum atomic E-state index is 1.06. The van der Waals surface area contributed by atoms with Gasteiger partial charge in [-0.25, -0.2) is 0 Å². The van der Waals surface area contributed by atoms with Crippen LogP contribution in [0.1, 0.15) is 33.4 Å². The van der Waals surface area contributed by atoms with Gasteiger partial charge < -0.3 is 0 Å². The molecular weight excluding hydrogens is 372 g/mol. The Hall–Kier alpha value is -3.64. The zero-order valence-corrected chi connectivity index (χ0v) is 17.0. The highest BCUT2D eigenvalue weighted by Crippen LogP contribution is 2.56. The van der Waals surface area contributed by atoms with Crippen LogP contribution < -0.4 is 0 Å². The van der Waals surface area contributed by atoms with Crippen molar-refractivity contribution in [2.45, 2.75) is 19.3 Å². The zero-order valence-electron chi connectivity index (χ0n) is 17.0. The molecule has 0 unspecified atom stereocenters. The first-order chi connectivity index (χ1) is 15.4. The molecule has 31 heavy (non-hydrogen) atoms. The van der Waals surface area contributed by atoms with E-state index in [1.807, 2.05) is 0 Å². The van der Waals surface area contributed by atoms with Crippen LogP contribution in [0.2, 0.25) is 0 Å². The fourth-order valence-electron chi connectivity index (χ4n) is 7.16. The second-order valence-electron chi connectivity index (χ2n) is 9.59. The molecule has 0 saturated carbocycles. The highest BCUT2D eigenvalue weighted by atomic mass is 14.4. The van der Waals surface area contributed by atoms with Crippen LogP contribution in [0.5, 0.6) is 0 Å². The monoisotopic (exact) mass is 390 g/mol. The third-order valence-electron chi connectivity index (χ3n) is 8.26.